The molecule has 14 heavy (non-hydrogen) atoms. The zero-order chi connectivity index (χ0) is 10.0. The summed E-state index contributed by atoms with van der Waals surface area (Å²) in [7, 11) is 0. The van der Waals surface area contributed by atoms with Crippen LogP contribution in [-0.2, 0) is 5.54 Å². The van der Waals surface area contributed by atoms with Crippen LogP contribution in [0.15, 0.2) is 30.3 Å². The predicted octanol–water partition coefficient (Wildman–Crippen LogP) is 3.02. The minimum Gasteiger partial charge on any atom is -0.294 e. The lowest BCUT2D eigenvalue weighted by Crippen LogP contribution is -2.39. The molecule has 1 saturated heterocycles. The molecule has 0 unspecified atom stereocenters. The van der Waals surface area contributed by atoms with Gasteiger partial charge in [-0.15, -0.1) is 0 Å². The highest BCUT2D eigenvalue weighted by Gasteiger charge is 2.30. The Labute approximate surface area is 86.7 Å². The van der Waals surface area contributed by atoms with Crippen LogP contribution in [0.3, 0.4) is 0 Å². The van der Waals surface area contributed by atoms with E-state index in [2.05, 4.69) is 49.1 Å². The van der Waals surface area contributed by atoms with Gasteiger partial charge in [-0.25, -0.2) is 0 Å². The SMILES string of the molecule is CC(C)(c1ccccc1)N1CCCC1. The summed E-state index contributed by atoms with van der Waals surface area (Å²) in [6.07, 6.45) is 2.71. The molecule has 0 N–H and O–H groups in total. The second-order valence-corrected chi connectivity index (χ2v) is 4.62. The van der Waals surface area contributed by atoms with Gasteiger partial charge in [0.25, 0.3) is 0 Å². The van der Waals surface area contributed by atoms with Gasteiger partial charge in [0.2, 0.25) is 0 Å². The first-order valence-corrected chi connectivity index (χ1v) is 5.52. The van der Waals surface area contributed by atoms with Crippen molar-refractivity contribution >= 4 is 0 Å². The highest BCUT2D eigenvalue weighted by atomic mass is 15.2. The average Bonchev–Trinajstić information content (AvgIpc) is 2.72. The first-order valence-electron chi connectivity index (χ1n) is 5.52. The van der Waals surface area contributed by atoms with Crippen molar-refractivity contribution < 1.29 is 0 Å². The van der Waals surface area contributed by atoms with Crippen LogP contribution >= 0.6 is 0 Å². The highest BCUT2D eigenvalue weighted by Crippen LogP contribution is 2.30. The molecule has 0 aliphatic carbocycles. The fraction of sp³-hybridized carbons (Fsp3) is 0.538. The third kappa shape index (κ3) is 1.69. The smallest absolute Gasteiger partial charge is 0.0404 e. The molecule has 1 heteroatoms. The van der Waals surface area contributed by atoms with Crippen LogP contribution in [0.2, 0.25) is 0 Å². The fourth-order valence-corrected chi connectivity index (χ4v) is 2.30. The molecule has 1 aliphatic heterocycles. The molecule has 1 heterocycles. The number of rotatable bonds is 2. The van der Waals surface area contributed by atoms with Gasteiger partial charge in [0.15, 0.2) is 0 Å². The summed E-state index contributed by atoms with van der Waals surface area (Å²) in [5, 5.41) is 0. The van der Waals surface area contributed by atoms with Crippen molar-refractivity contribution in [3.63, 3.8) is 0 Å². The first kappa shape index (κ1) is 9.72. The van der Waals surface area contributed by atoms with Gasteiger partial charge >= 0.3 is 0 Å². The Hall–Kier alpha value is -0.820. The molecule has 0 aromatic heterocycles. The van der Waals surface area contributed by atoms with Gasteiger partial charge < -0.3 is 0 Å². The number of likely N-dealkylation sites (tertiary alicyclic amines) is 1. The van der Waals surface area contributed by atoms with E-state index in [1.54, 1.807) is 0 Å². The van der Waals surface area contributed by atoms with Gasteiger partial charge in [0, 0.05) is 5.54 Å². The topological polar surface area (TPSA) is 3.24 Å². The summed E-state index contributed by atoms with van der Waals surface area (Å²) in [6.45, 7) is 7.16. The third-order valence-corrected chi connectivity index (χ3v) is 3.38. The van der Waals surface area contributed by atoms with Crippen molar-refractivity contribution in [2.45, 2.75) is 32.2 Å². The molecular weight excluding hydrogens is 170 g/mol. The number of hydrogen-bond acceptors (Lipinski definition) is 1. The number of benzene rings is 1. The van der Waals surface area contributed by atoms with Gasteiger partial charge in [0.1, 0.15) is 0 Å². The Bertz CT molecular complexity index is 283. The molecule has 1 aliphatic rings. The van der Waals surface area contributed by atoms with Crippen LogP contribution in [0.25, 0.3) is 0 Å². The normalized spacial score (nSPS) is 18.7. The van der Waals surface area contributed by atoms with Crippen molar-refractivity contribution in [1.82, 2.24) is 4.90 Å². The predicted molar refractivity (Wildman–Crippen MR) is 60.3 cm³/mol. The minimum atomic E-state index is 0.206. The average molecular weight is 189 g/mol. The number of nitrogens with zero attached hydrogens (tertiary/aromatic N) is 1. The standard InChI is InChI=1S/C13H19N/c1-13(2,14-10-6-7-11-14)12-8-4-3-5-9-12/h3-5,8-9H,6-7,10-11H2,1-2H3. The second kappa shape index (κ2) is 3.74. The largest absolute Gasteiger partial charge is 0.294 e. The Morgan fingerprint density at radius 1 is 1.00 bits per heavy atom. The lowest BCUT2D eigenvalue weighted by Gasteiger charge is -2.35. The van der Waals surface area contributed by atoms with E-state index in [1.165, 1.54) is 31.5 Å². The van der Waals surface area contributed by atoms with E-state index in [0.29, 0.717) is 0 Å². The zero-order valence-corrected chi connectivity index (χ0v) is 9.16. The van der Waals surface area contributed by atoms with Gasteiger partial charge in [0.05, 0.1) is 0 Å². The molecule has 76 valence electrons. The van der Waals surface area contributed by atoms with Crippen molar-refractivity contribution in [2.75, 3.05) is 13.1 Å². The van der Waals surface area contributed by atoms with E-state index in [9.17, 15) is 0 Å². The molecule has 1 nitrogen and oxygen atoms in total. The third-order valence-electron chi connectivity index (χ3n) is 3.38. The lowest BCUT2D eigenvalue weighted by atomic mass is 9.93. The molecule has 0 bridgehead atoms. The van der Waals surface area contributed by atoms with Crippen LogP contribution in [0.4, 0.5) is 0 Å². The van der Waals surface area contributed by atoms with Crippen molar-refractivity contribution in [3.05, 3.63) is 35.9 Å². The summed E-state index contributed by atoms with van der Waals surface area (Å²) in [4.78, 5) is 2.59. The molecule has 0 saturated carbocycles. The maximum Gasteiger partial charge on any atom is 0.0404 e. The molecule has 0 atom stereocenters. The Morgan fingerprint density at radius 3 is 2.14 bits per heavy atom. The zero-order valence-electron chi connectivity index (χ0n) is 9.16. The Morgan fingerprint density at radius 2 is 1.57 bits per heavy atom. The van der Waals surface area contributed by atoms with Gasteiger partial charge in [-0.05, 0) is 45.3 Å². The van der Waals surface area contributed by atoms with Crippen molar-refractivity contribution in [3.8, 4) is 0 Å². The van der Waals surface area contributed by atoms with E-state index in [0.717, 1.165) is 0 Å². The molecule has 1 fully saturated rings. The maximum atomic E-state index is 2.59. The molecule has 1 aromatic carbocycles. The van der Waals surface area contributed by atoms with Crippen LogP contribution in [-0.4, -0.2) is 18.0 Å². The van der Waals surface area contributed by atoms with Gasteiger partial charge in [-0.1, -0.05) is 30.3 Å². The summed E-state index contributed by atoms with van der Waals surface area (Å²) < 4.78 is 0. The van der Waals surface area contributed by atoms with E-state index in [-0.39, 0.29) is 5.54 Å². The van der Waals surface area contributed by atoms with E-state index < -0.39 is 0 Å². The van der Waals surface area contributed by atoms with Crippen LogP contribution < -0.4 is 0 Å². The van der Waals surface area contributed by atoms with Gasteiger partial charge in [-0.2, -0.15) is 0 Å². The summed E-state index contributed by atoms with van der Waals surface area (Å²) in [6, 6.07) is 10.8. The Kier molecular flexibility index (Phi) is 2.60. The molecule has 0 radical (unpaired) electrons. The minimum absolute atomic E-state index is 0.206. The number of hydrogen-bond donors (Lipinski definition) is 0. The van der Waals surface area contributed by atoms with E-state index >= 15 is 0 Å². The van der Waals surface area contributed by atoms with Crippen LogP contribution in [0.5, 0.6) is 0 Å². The molecule has 0 spiro atoms. The molecule has 1 aromatic rings. The van der Waals surface area contributed by atoms with Crippen LogP contribution in [0, 0.1) is 0 Å². The van der Waals surface area contributed by atoms with Gasteiger partial charge in [-0.3, -0.25) is 4.90 Å². The van der Waals surface area contributed by atoms with Crippen molar-refractivity contribution in [1.29, 1.82) is 0 Å². The van der Waals surface area contributed by atoms with Crippen molar-refractivity contribution in [2.24, 2.45) is 0 Å². The monoisotopic (exact) mass is 189 g/mol. The fourth-order valence-electron chi connectivity index (χ4n) is 2.30. The Balaban J connectivity index is 2.22. The molecule has 0 amide bonds. The lowest BCUT2D eigenvalue weighted by molar-refractivity contribution is 0.155. The van der Waals surface area contributed by atoms with Crippen LogP contribution in [0.1, 0.15) is 32.3 Å². The maximum absolute atomic E-state index is 2.59. The summed E-state index contributed by atoms with van der Waals surface area (Å²) in [5.41, 5.74) is 1.64. The summed E-state index contributed by atoms with van der Waals surface area (Å²) in [5.74, 6) is 0. The molecule has 2 rings (SSSR count). The van der Waals surface area contributed by atoms with E-state index in [4.69, 9.17) is 0 Å². The highest BCUT2D eigenvalue weighted by molar-refractivity contribution is 5.23. The van der Waals surface area contributed by atoms with E-state index in [1.807, 2.05) is 0 Å². The first-order chi connectivity index (χ1) is 6.71. The molecular formula is C13H19N. The quantitative estimate of drug-likeness (QED) is 0.691. The second-order valence-electron chi connectivity index (χ2n) is 4.62. The summed E-state index contributed by atoms with van der Waals surface area (Å²) >= 11 is 0.